The number of aliphatic carboxylic acids is 1. The van der Waals surface area contributed by atoms with Crippen molar-refractivity contribution >= 4 is 17.7 Å². The van der Waals surface area contributed by atoms with Crippen molar-refractivity contribution in [3.8, 4) is 0 Å². The van der Waals surface area contributed by atoms with Gasteiger partial charge in [0.1, 0.15) is 0 Å². The fraction of sp³-hybridized carbons (Fsp3) is 0.105. The lowest BCUT2D eigenvalue weighted by Crippen LogP contribution is -2.21. The predicted molar refractivity (Wildman–Crippen MR) is 87.2 cm³/mol. The Kier molecular flexibility index (Phi) is 6.02. The second-order valence-corrected chi connectivity index (χ2v) is 5.03. The number of esters is 1. The largest absolute Gasteiger partial charge is 0.478 e. The van der Waals surface area contributed by atoms with Crippen LogP contribution in [-0.4, -0.2) is 22.8 Å². The van der Waals surface area contributed by atoms with E-state index in [1.165, 1.54) is 0 Å². The van der Waals surface area contributed by atoms with Gasteiger partial charge in [0.15, 0.2) is 11.9 Å². The van der Waals surface area contributed by atoms with Gasteiger partial charge >= 0.3 is 11.9 Å². The summed E-state index contributed by atoms with van der Waals surface area (Å²) in [5.41, 5.74) is 1.34. The first-order valence-corrected chi connectivity index (χ1v) is 7.29. The van der Waals surface area contributed by atoms with Crippen molar-refractivity contribution in [2.24, 2.45) is 0 Å². The zero-order valence-corrected chi connectivity index (χ0v) is 12.8. The van der Waals surface area contributed by atoms with Crippen LogP contribution in [0.5, 0.6) is 0 Å². The number of hydrogen-bond acceptors (Lipinski definition) is 4. The number of carbonyl (C=O) groups excluding carboxylic acids is 2. The standard InChI is InChI=1S/C19H16O5/c20-16(13-14-7-3-1-4-8-14)19(15-9-5-2-6-10-15)24-18(23)12-11-17(21)22/h1-12,19H,13H2,(H,21,22). The average Bonchev–Trinajstić information content (AvgIpc) is 2.59. The molecule has 0 aliphatic rings. The Labute approximate surface area is 139 Å². The third-order valence-electron chi connectivity index (χ3n) is 3.21. The molecule has 0 fully saturated rings. The first kappa shape index (κ1) is 17.1. The summed E-state index contributed by atoms with van der Waals surface area (Å²) in [5, 5.41) is 8.56. The van der Waals surface area contributed by atoms with Crippen molar-refractivity contribution in [2.45, 2.75) is 12.5 Å². The fourth-order valence-corrected chi connectivity index (χ4v) is 2.13. The van der Waals surface area contributed by atoms with Crippen LogP contribution in [0.4, 0.5) is 0 Å². The summed E-state index contributed by atoms with van der Waals surface area (Å²) in [6.07, 6.45) is 0.480. The highest BCUT2D eigenvalue weighted by Gasteiger charge is 2.24. The summed E-state index contributed by atoms with van der Waals surface area (Å²) < 4.78 is 5.18. The van der Waals surface area contributed by atoms with E-state index in [2.05, 4.69) is 0 Å². The van der Waals surface area contributed by atoms with Crippen molar-refractivity contribution in [1.29, 1.82) is 0 Å². The van der Waals surface area contributed by atoms with Crippen molar-refractivity contribution in [2.75, 3.05) is 0 Å². The molecule has 122 valence electrons. The molecule has 5 heteroatoms. The van der Waals surface area contributed by atoms with Gasteiger partial charge in [0.05, 0.1) is 0 Å². The minimum Gasteiger partial charge on any atom is -0.478 e. The molecule has 2 aromatic carbocycles. The predicted octanol–water partition coefficient (Wildman–Crippen LogP) is 2.72. The second kappa shape index (κ2) is 8.43. The Morgan fingerprint density at radius 1 is 0.917 bits per heavy atom. The summed E-state index contributed by atoms with van der Waals surface area (Å²) in [6, 6.07) is 17.7. The van der Waals surface area contributed by atoms with Crippen LogP contribution in [-0.2, 0) is 25.5 Å². The van der Waals surface area contributed by atoms with Gasteiger partial charge in [0.25, 0.3) is 0 Å². The first-order valence-electron chi connectivity index (χ1n) is 7.29. The molecule has 2 rings (SSSR count). The smallest absolute Gasteiger partial charge is 0.332 e. The minimum absolute atomic E-state index is 0.107. The molecule has 0 saturated carbocycles. The number of carbonyl (C=O) groups is 3. The van der Waals surface area contributed by atoms with Crippen LogP contribution >= 0.6 is 0 Å². The summed E-state index contributed by atoms with van der Waals surface area (Å²) in [4.78, 5) is 34.8. The first-order chi connectivity index (χ1) is 11.6. The van der Waals surface area contributed by atoms with Gasteiger partial charge in [-0.15, -0.1) is 0 Å². The van der Waals surface area contributed by atoms with E-state index in [9.17, 15) is 14.4 Å². The normalized spacial score (nSPS) is 11.8. The van der Waals surface area contributed by atoms with Gasteiger partial charge < -0.3 is 9.84 Å². The van der Waals surface area contributed by atoms with Gasteiger partial charge in [-0.25, -0.2) is 9.59 Å². The monoisotopic (exact) mass is 324 g/mol. The van der Waals surface area contributed by atoms with Crippen LogP contribution in [0.3, 0.4) is 0 Å². The summed E-state index contributed by atoms with van der Waals surface area (Å²) >= 11 is 0. The van der Waals surface area contributed by atoms with E-state index in [-0.39, 0.29) is 12.2 Å². The van der Waals surface area contributed by atoms with Gasteiger partial charge in [-0.2, -0.15) is 0 Å². The molecule has 0 aliphatic heterocycles. The molecule has 0 bridgehead atoms. The number of ketones is 1. The van der Waals surface area contributed by atoms with E-state index in [1.54, 1.807) is 30.3 Å². The lowest BCUT2D eigenvalue weighted by Gasteiger charge is -2.16. The number of Topliss-reactive ketones (excluding diaryl/α,β-unsaturated/α-hetero) is 1. The van der Waals surface area contributed by atoms with E-state index in [4.69, 9.17) is 9.84 Å². The van der Waals surface area contributed by atoms with Crippen LogP contribution < -0.4 is 0 Å². The van der Waals surface area contributed by atoms with Gasteiger partial charge in [-0.3, -0.25) is 4.79 Å². The van der Waals surface area contributed by atoms with Crippen LogP contribution in [0.1, 0.15) is 17.2 Å². The maximum atomic E-state index is 12.6. The van der Waals surface area contributed by atoms with E-state index in [1.807, 2.05) is 30.3 Å². The number of carboxylic acid groups (broad SMARTS) is 1. The van der Waals surface area contributed by atoms with Gasteiger partial charge in [-0.05, 0) is 5.56 Å². The molecule has 0 heterocycles. The highest BCUT2D eigenvalue weighted by molar-refractivity contribution is 5.93. The lowest BCUT2D eigenvalue weighted by molar-refractivity contribution is -0.150. The number of carboxylic acids is 1. The molecule has 1 unspecified atom stereocenters. The molecule has 0 radical (unpaired) electrons. The summed E-state index contributed by atoms with van der Waals surface area (Å²) in [7, 11) is 0. The maximum absolute atomic E-state index is 12.6. The molecule has 2 aromatic rings. The number of hydrogen-bond donors (Lipinski definition) is 1. The molecular weight excluding hydrogens is 308 g/mol. The van der Waals surface area contributed by atoms with Crippen molar-refractivity contribution in [3.05, 3.63) is 83.9 Å². The average molecular weight is 324 g/mol. The third kappa shape index (κ3) is 5.21. The number of ether oxygens (including phenoxy) is 1. The highest BCUT2D eigenvalue weighted by Crippen LogP contribution is 2.21. The van der Waals surface area contributed by atoms with Crippen LogP contribution in [0.2, 0.25) is 0 Å². The molecule has 0 aliphatic carbocycles. The van der Waals surface area contributed by atoms with Gasteiger partial charge in [0.2, 0.25) is 0 Å². The quantitative estimate of drug-likeness (QED) is 0.625. The SMILES string of the molecule is O=C(O)C=CC(=O)OC(C(=O)Cc1ccccc1)c1ccccc1. The van der Waals surface area contributed by atoms with Crippen molar-refractivity contribution in [3.63, 3.8) is 0 Å². The van der Waals surface area contributed by atoms with E-state index in [0.29, 0.717) is 11.6 Å². The second-order valence-electron chi connectivity index (χ2n) is 5.03. The van der Waals surface area contributed by atoms with E-state index in [0.717, 1.165) is 11.6 Å². The number of rotatable bonds is 7. The Bertz CT molecular complexity index is 735. The topological polar surface area (TPSA) is 80.7 Å². The molecule has 5 nitrogen and oxygen atoms in total. The van der Waals surface area contributed by atoms with Gasteiger partial charge in [-0.1, -0.05) is 60.7 Å². The number of benzene rings is 2. The molecule has 0 spiro atoms. The van der Waals surface area contributed by atoms with Crippen molar-refractivity contribution < 1.29 is 24.2 Å². The molecule has 0 aromatic heterocycles. The van der Waals surface area contributed by atoms with Crippen LogP contribution in [0.15, 0.2) is 72.8 Å². The molecular formula is C19H16O5. The Balaban J connectivity index is 2.18. The van der Waals surface area contributed by atoms with Crippen molar-refractivity contribution in [1.82, 2.24) is 0 Å². The van der Waals surface area contributed by atoms with E-state index < -0.39 is 18.0 Å². The fourth-order valence-electron chi connectivity index (χ4n) is 2.13. The Morgan fingerprint density at radius 2 is 1.50 bits per heavy atom. The molecule has 24 heavy (non-hydrogen) atoms. The summed E-state index contributed by atoms with van der Waals surface area (Å²) in [6.45, 7) is 0. The zero-order valence-electron chi connectivity index (χ0n) is 12.8. The molecule has 1 atom stereocenters. The minimum atomic E-state index is -1.26. The molecule has 0 saturated heterocycles. The lowest BCUT2D eigenvalue weighted by atomic mass is 10.00. The zero-order chi connectivity index (χ0) is 17.4. The van der Waals surface area contributed by atoms with Gasteiger partial charge in [0, 0.05) is 24.1 Å². The Hall–Kier alpha value is -3.21. The molecule has 1 N–H and O–H groups in total. The third-order valence-corrected chi connectivity index (χ3v) is 3.21. The van der Waals surface area contributed by atoms with Crippen LogP contribution in [0.25, 0.3) is 0 Å². The van der Waals surface area contributed by atoms with E-state index >= 15 is 0 Å². The van der Waals surface area contributed by atoms with Crippen LogP contribution in [0, 0.1) is 0 Å². The summed E-state index contributed by atoms with van der Waals surface area (Å²) in [5.74, 6) is -2.43. The molecule has 0 amide bonds. The maximum Gasteiger partial charge on any atom is 0.332 e. The highest BCUT2D eigenvalue weighted by atomic mass is 16.5. The Morgan fingerprint density at radius 3 is 2.08 bits per heavy atom.